The summed E-state index contributed by atoms with van der Waals surface area (Å²) in [6, 6.07) is 1.89. The van der Waals surface area contributed by atoms with Crippen molar-refractivity contribution in [2.24, 2.45) is 5.73 Å². The highest BCUT2D eigenvalue weighted by Gasteiger charge is 2.24. The van der Waals surface area contributed by atoms with E-state index in [-0.39, 0.29) is 11.9 Å². The number of piperidine rings is 1. The molecular formula is C14H22N4O. The van der Waals surface area contributed by atoms with Crippen LogP contribution in [0.2, 0.25) is 0 Å². The zero-order valence-corrected chi connectivity index (χ0v) is 11.6. The number of pyridine rings is 1. The van der Waals surface area contributed by atoms with Gasteiger partial charge < -0.3 is 15.4 Å². The predicted molar refractivity (Wildman–Crippen MR) is 76.9 cm³/mol. The van der Waals surface area contributed by atoms with E-state index in [1.54, 1.807) is 6.20 Å². The molecule has 0 amide bonds. The summed E-state index contributed by atoms with van der Waals surface area (Å²) in [5.41, 5.74) is 7.45. The van der Waals surface area contributed by atoms with Crippen LogP contribution in [-0.2, 0) is 4.74 Å². The van der Waals surface area contributed by atoms with Crippen LogP contribution < -0.4 is 10.6 Å². The number of nitrogens with zero attached hydrogens (tertiary/aromatic N) is 2. The molecule has 1 fully saturated rings. The maximum atomic E-state index is 7.75. The Hall–Kier alpha value is -1.62. The molecule has 2 rings (SSSR count). The first kappa shape index (κ1) is 13.8. The van der Waals surface area contributed by atoms with Crippen LogP contribution >= 0.6 is 0 Å². The van der Waals surface area contributed by atoms with E-state index < -0.39 is 0 Å². The quantitative estimate of drug-likeness (QED) is 0.639. The number of hydrogen-bond donors (Lipinski definition) is 2. The average Bonchev–Trinajstić information content (AvgIpc) is 2.38. The van der Waals surface area contributed by atoms with Crippen LogP contribution in [-0.4, -0.2) is 36.6 Å². The Kier molecular flexibility index (Phi) is 4.37. The number of rotatable bonds is 4. The third-order valence-corrected chi connectivity index (χ3v) is 3.49. The molecule has 2 heterocycles. The number of nitrogens with two attached hydrogens (primary N) is 1. The van der Waals surface area contributed by atoms with Gasteiger partial charge in [0.15, 0.2) is 0 Å². The molecule has 104 valence electrons. The molecule has 1 aliphatic rings. The number of anilines is 1. The summed E-state index contributed by atoms with van der Waals surface area (Å²) in [4.78, 5) is 6.62. The van der Waals surface area contributed by atoms with E-state index in [2.05, 4.69) is 9.88 Å². The van der Waals surface area contributed by atoms with Crippen molar-refractivity contribution in [3.63, 3.8) is 0 Å². The van der Waals surface area contributed by atoms with Gasteiger partial charge in [0.05, 0.1) is 11.7 Å². The summed E-state index contributed by atoms with van der Waals surface area (Å²) in [5, 5.41) is 7.75. The van der Waals surface area contributed by atoms with E-state index >= 15 is 0 Å². The number of ether oxygens (including phenoxy) is 1. The SMILES string of the molecule is CCOC1CCCN(c2nccc(C)c2C(=N)N)C1. The van der Waals surface area contributed by atoms with Crippen LogP contribution in [0, 0.1) is 12.3 Å². The zero-order valence-electron chi connectivity index (χ0n) is 11.6. The van der Waals surface area contributed by atoms with Gasteiger partial charge >= 0.3 is 0 Å². The molecule has 0 aromatic carbocycles. The predicted octanol–water partition coefficient (Wildman–Crippen LogP) is 1.68. The first-order valence-electron chi connectivity index (χ1n) is 6.80. The van der Waals surface area contributed by atoms with Gasteiger partial charge in [0.2, 0.25) is 0 Å². The molecular weight excluding hydrogens is 240 g/mol. The van der Waals surface area contributed by atoms with Crippen LogP contribution in [0.1, 0.15) is 30.9 Å². The number of hydrogen-bond acceptors (Lipinski definition) is 4. The fourth-order valence-electron chi connectivity index (χ4n) is 2.62. The highest BCUT2D eigenvalue weighted by atomic mass is 16.5. The van der Waals surface area contributed by atoms with Crippen molar-refractivity contribution >= 4 is 11.7 Å². The standard InChI is InChI=1S/C14H22N4O/c1-3-19-11-5-4-8-18(9-11)14-12(13(15)16)10(2)6-7-17-14/h6-7,11H,3-5,8-9H2,1-2H3,(H3,15,16). The van der Waals surface area contributed by atoms with Crippen LogP contribution in [0.25, 0.3) is 0 Å². The molecule has 0 spiro atoms. The molecule has 1 atom stereocenters. The van der Waals surface area contributed by atoms with Crippen LogP contribution in [0.3, 0.4) is 0 Å². The van der Waals surface area contributed by atoms with Gasteiger partial charge in [-0.15, -0.1) is 0 Å². The lowest BCUT2D eigenvalue weighted by Crippen LogP contribution is -2.41. The molecule has 1 unspecified atom stereocenters. The molecule has 1 aromatic heterocycles. The molecule has 0 bridgehead atoms. The number of nitrogen functional groups attached to an aromatic ring is 1. The van der Waals surface area contributed by atoms with Gasteiger partial charge in [0, 0.05) is 25.9 Å². The molecule has 5 heteroatoms. The minimum Gasteiger partial charge on any atom is -0.384 e. The molecule has 5 nitrogen and oxygen atoms in total. The number of aromatic nitrogens is 1. The summed E-state index contributed by atoms with van der Waals surface area (Å²) >= 11 is 0. The van der Waals surface area contributed by atoms with Crippen molar-refractivity contribution in [1.29, 1.82) is 5.41 Å². The Labute approximate surface area is 114 Å². The summed E-state index contributed by atoms with van der Waals surface area (Å²) in [7, 11) is 0. The fourth-order valence-corrected chi connectivity index (χ4v) is 2.62. The maximum absolute atomic E-state index is 7.75. The van der Waals surface area contributed by atoms with Gasteiger partial charge in [0.1, 0.15) is 11.7 Å². The van der Waals surface area contributed by atoms with Crippen molar-refractivity contribution in [1.82, 2.24) is 4.98 Å². The van der Waals surface area contributed by atoms with E-state index in [0.717, 1.165) is 49.5 Å². The first-order chi connectivity index (χ1) is 9.13. The Morgan fingerprint density at radius 3 is 3.11 bits per heavy atom. The normalized spacial score (nSPS) is 19.5. The highest BCUT2D eigenvalue weighted by molar-refractivity contribution is 6.01. The van der Waals surface area contributed by atoms with Gasteiger partial charge in [-0.3, -0.25) is 5.41 Å². The van der Waals surface area contributed by atoms with Crippen molar-refractivity contribution in [2.45, 2.75) is 32.8 Å². The molecule has 1 aromatic rings. The lowest BCUT2D eigenvalue weighted by atomic mass is 10.0. The van der Waals surface area contributed by atoms with Gasteiger partial charge in [-0.05, 0) is 38.3 Å². The lowest BCUT2D eigenvalue weighted by molar-refractivity contribution is 0.0525. The topological polar surface area (TPSA) is 75.2 Å². The minimum absolute atomic E-state index is 0.0825. The van der Waals surface area contributed by atoms with E-state index in [0.29, 0.717) is 0 Å². The number of aryl methyl sites for hydroxylation is 1. The smallest absolute Gasteiger partial charge is 0.139 e. The maximum Gasteiger partial charge on any atom is 0.139 e. The Balaban J connectivity index is 2.26. The molecule has 0 radical (unpaired) electrons. The zero-order chi connectivity index (χ0) is 13.8. The summed E-state index contributed by atoms with van der Waals surface area (Å²) in [6.07, 6.45) is 4.20. The first-order valence-corrected chi connectivity index (χ1v) is 6.80. The summed E-state index contributed by atoms with van der Waals surface area (Å²) < 4.78 is 5.71. The lowest BCUT2D eigenvalue weighted by Gasteiger charge is -2.34. The molecule has 1 saturated heterocycles. The van der Waals surface area contributed by atoms with E-state index in [1.807, 2.05) is 19.9 Å². The second-order valence-electron chi connectivity index (χ2n) is 4.91. The molecule has 1 aliphatic heterocycles. The van der Waals surface area contributed by atoms with Crippen LogP contribution in [0.5, 0.6) is 0 Å². The largest absolute Gasteiger partial charge is 0.384 e. The Morgan fingerprint density at radius 2 is 2.42 bits per heavy atom. The minimum atomic E-state index is 0.0825. The Bertz CT molecular complexity index is 459. The molecule has 3 N–H and O–H groups in total. The van der Waals surface area contributed by atoms with Gasteiger partial charge in [0.25, 0.3) is 0 Å². The second-order valence-corrected chi connectivity index (χ2v) is 4.91. The van der Waals surface area contributed by atoms with Crippen molar-refractivity contribution < 1.29 is 4.74 Å². The highest BCUT2D eigenvalue weighted by Crippen LogP contribution is 2.24. The summed E-state index contributed by atoms with van der Waals surface area (Å²) in [5.74, 6) is 0.899. The van der Waals surface area contributed by atoms with E-state index in [9.17, 15) is 0 Å². The van der Waals surface area contributed by atoms with E-state index in [1.165, 1.54) is 0 Å². The van der Waals surface area contributed by atoms with Gasteiger partial charge in [-0.1, -0.05) is 0 Å². The molecule has 0 aliphatic carbocycles. The third kappa shape index (κ3) is 3.04. The van der Waals surface area contributed by atoms with Crippen LogP contribution in [0.4, 0.5) is 5.82 Å². The average molecular weight is 262 g/mol. The third-order valence-electron chi connectivity index (χ3n) is 3.49. The van der Waals surface area contributed by atoms with Crippen molar-refractivity contribution in [3.8, 4) is 0 Å². The van der Waals surface area contributed by atoms with Crippen LogP contribution in [0.15, 0.2) is 12.3 Å². The molecule has 0 saturated carbocycles. The number of nitrogens with one attached hydrogen (secondary N) is 1. The second kappa shape index (κ2) is 6.02. The van der Waals surface area contributed by atoms with Gasteiger partial charge in [-0.25, -0.2) is 4.98 Å². The molecule has 19 heavy (non-hydrogen) atoms. The number of amidine groups is 1. The van der Waals surface area contributed by atoms with Crippen molar-refractivity contribution in [2.75, 3.05) is 24.6 Å². The Morgan fingerprint density at radius 1 is 1.63 bits per heavy atom. The summed E-state index contributed by atoms with van der Waals surface area (Å²) in [6.45, 7) is 6.49. The fraction of sp³-hybridized carbons (Fsp3) is 0.571. The van der Waals surface area contributed by atoms with Crippen molar-refractivity contribution in [3.05, 3.63) is 23.4 Å². The van der Waals surface area contributed by atoms with Gasteiger partial charge in [-0.2, -0.15) is 0 Å². The van der Waals surface area contributed by atoms with E-state index in [4.69, 9.17) is 15.9 Å². The monoisotopic (exact) mass is 262 g/mol.